The van der Waals surface area contributed by atoms with E-state index in [1.54, 1.807) is 29.2 Å². The zero-order valence-electron chi connectivity index (χ0n) is 11.9. The highest BCUT2D eigenvalue weighted by molar-refractivity contribution is 6.36. The number of rotatable bonds is 4. The van der Waals surface area contributed by atoms with E-state index < -0.39 is 0 Å². The van der Waals surface area contributed by atoms with Crippen molar-refractivity contribution in [3.05, 3.63) is 46.7 Å². The minimum Gasteiger partial charge on any atom is -0.368 e. The van der Waals surface area contributed by atoms with E-state index in [4.69, 9.17) is 23.2 Å². The molecule has 3 rings (SSSR count). The molecule has 1 N–H and O–H groups in total. The number of carbonyl (C=O) groups is 1. The number of aromatic nitrogens is 2. The summed E-state index contributed by atoms with van der Waals surface area (Å²) in [6, 6.07) is 7.40. The number of anilines is 1. The number of hydrogen-bond acceptors (Lipinski definition) is 3. The lowest BCUT2D eigenvalue weighted by Crippen LogP contribution is -2.39. The number of nitrogens with zero attached hydrogens (tertiary/aromatic N) is 3. The molecular formula is C15H16Cl2N4O. The van der Waals surface area contributed by atoms with Crippen LogP contribution in [0.2, 0.25) is 10.0 Å². The fraction of sp³-hybridized carbons (Fsp3) is 0.333. The second kappa shape index (κ2) is 6.58. The van der Waals surface area contributed by atoms with E-state index in [1.807, 2.05) is 12.1 Å². The lowest BCUT2D eigenvalue weighted by Gasteiger charge is -2.20. The molecule has 1 saturated heterocycles. The highest BCUT2D eigenvalue weighted by Gasteiger charge is 2.25. The van der Waals surface area contributed by atoms with Crippen LogP contribution in [0.3, 0.4) is 0 Å². The van der Waals surface area contributed by atoms with Gasteiger partial charge in [-0.2, -0.15) is 5.10 Å². The Hall–Kier alpha value is -1.72. The molecule has 1 aliphatic heterocycles. The maximum absolute atomic E-state index is 12.0. The molecule has 1 aromatic heterocycles. The first kappa shape index (κ1) is 15.2. The Morgan fingerprint density at radius 3 is 3.00 bits per heavy atom. The minimum absolute atomic E-state index is 0.0299. The second-order valence-electron chi connectivity index (χ2n) is 5.30. The van der Waals surface area contributed by atoms with Crippen LogP contribution in [0.5, 0.6) is 0 Å². The van der Waals surface area contributed by atoms with Crippen LogP contribution in [0.15, 0.2) is 36.7 Å². The third-order valence-electron chi connectivity index (χ3n) is 3.67. The van der Waals surface area contributed by atoms with Crippen molar-refractivity contribution < 1.29 is 4.79 Å². The molecule has 1 aliphatic rings. The first-order valence-corrected chi connectivity index (χ1v) is 7.84. The van der Waals surface area contributed by atoms with Crippen molar-refractivity contribution in [2.75, 3.05) is 18.0 Å². The third-order valence-corrected chi connectivity index (χ3v) is 4.21. The summed E-state index contributed by atoms with van der Waals surface area (Å²) in [5, 5.41) is 8.32. The van der Waals surface area contributed by atoms with Gasteiger partial charge in [0.2, 0.25) is 5.91 Å². The number of carbonyl (C=O) groups excluding carboxylic acids is 1. The first-order valence-electron chi connectivity index (χ1n) is 7.08. The van der Waals surface area contributed by atoms with E-state index in [2.05, 4.69) is 15.3 Å². The standard InChI is InChI=1S/C15H16Cl2N4O/c16-11-2-3-14(13(17)8-11)20-7-4-12(9-20)19-15(22)10-21-6-1-5-18-21/h1-3,5-6,8,12H,4,7,9-10H2,(H,19,22). The van der Waals surface area contributed by atoms with Gasteiger partial charge in [0.25, 0.3) is 0 Å². The Labute approximate surface area is 138 Å². The number of amides is 1. The van der Waals surface area contributed by atoms with E-state index in [0.29, 0.717) is 10.0 Å². The Morgan fingerprint density at radius 2 is 2.27 bits per heavy atom. The van der Waals surface area contributed by atoms with Gasteiger partial charge >= 0.3 is 0 Å². The van der Waals surface area contributed by atoms with Crippen LogP contribution in [0.4, 0.5) is 5.69 Å². The van der Waals surface area contributed by atoms with Crippen LogP contribution in [0.1, 0.15) is 6.42 Å². The van der Waals surface area contributed by atoms with Crippen molar-refractivity contribution in [3.63, 3.8) is 0 Å². The van der Waals surface area contributed by atoms with Gasteiger partial charge in [-0.05, 0) is 30.7 Å². The normalized spacial score (nSPS) is 17.7. The van der Waals surface area contributed by atoms with Crippen LogP contribution < -0.4 is 10.2 Å². The zero-order valence-corrected chi connectivity index (χ0v) is 13.4. The highest BCUT2D eigenvalue weighted by atomic mass is 35.5. The zero-order chi connectivity index (χ0) is 15.5. The summed E-state index contributed by atoms with van der Waals surface area (Å²) in [6.45, 7) is 1.84. The fourth-order valence-corrected chi connectivity index (χ4v) is 3.18. The van der Waals surface area contributed by atoms with Crippen molar-refractivity contribution in [2.45, 2.75) is 19.0 Å². The maximum atomic E-state index is 12.0. The SMILES string of the molecule is O=C(Cn1cccn1)NC1CCN(c2ccc(Cl)cc2Cl)C1. The lowest BCUT2D eigenvalue weighted by molar-refractivity contribution is -0.122. The number of nitrogens with one attached hydrogen (secondary N) is 1. The molecule has 0 saturated carbocycles. The largest absolute Gasteiger partial charge is 0.368 e. The summed E-state index contributed by atoms with van der Waals surface area (Å²) in [6.07, 6.45) is 4.32. The summed E-state index contributed by atoms with van der Waals surface area (Å²) in [4.78, 5) is 14.2. The van der Waals surface area contributed by atoms with E-state index in [9.17, 15) is 4.79 Å². The number of halogens is 2. The molecule has 2 aromatic rings. The van der Waals surface area contributed by atoms with Gasteiger partial charge in [0.05, 0.1) is 10.7 Å². The van der Waals surface area contributed by atoms with Crippen LogP contribution >= 0.6 is 23.2 Å². The van der Waals surface area contributed by atoms with Crippen molar-refractivity contribution in [1.82, 2.24) is 15.1 Å². The van der Waals surface area contributed by atoms with Crippen LogP contribution in [0.25, 0.3) is 0 Å². The molecule has 5 nitrogen and oxygen atoms in total. The summed E-state index contributed by atoms with van der Waals surface area (Å²) in [5.41, 5.74) is 0.954. The maximum Gasteiger partial charge on any atom is 0.242 e. The monoisotopic (exact) mass is 338 g/mol. The average Bonchev–Trinajstić information content (AvgIpc) is 3.10. The molecule has 116 valence electrons. The van der Waals surface area contributed by atoms with Gasteiger partial charge in [0.15, 0.2) is 0 Å². The molecule has 7 heteroatoms. The third kappa shape index (κ3) is 3.54. The van der Waals surface area contributed by atoms with Crippen LogP contribution in [-0.4, -0.2) is 34.8 Å². The quantitative estimate of drug-likeness (QED) is 0.932. The molecule has 0 bridgehead atoms. The molecule has 1 amide bonds. The van der Waals surface area contributed by atoms with Crippen LogP contribution in [0, 0.1) is 0 Å². The van der Waals surface area contributed by atoms with Crippen molar-refractivity contribution >= 4 is 34.8 Å². The summed E-state index contributed by atoms with van der Waals surface area (Å²) < 4.78 is 1.61. The molecule has 1 unspecified atom stereocenters. The topological polar surface area (TPSA) is 50.2 Å². The first-order chi connectivity index (χ1) is 10.6. The van der Waals surface area contributed by atoms with Crippen molar-refractivity contribution in [3.8, 4) is 0 Å². The average molecular weight is 339 g/mol. The van der Waals surface area contributed by atoms with Gasteiger partial charge in [-0.15, -0.1) is 0 Å². The molecule has 0 radical (unpaired) electrons. The van der Waals surface area contributed by atoms with E-state index in [-0.39, 0.29) is 18.5 Å². The van der Waals surface area contributed by atoms with Crippen molar-refractivity contribution in [2.24, 2.45) is 0 Å². The van der Waals surface area contributed by atoms with Gasteiger partial charge in [-0.1, -0.05) is 23.2 Å². The van der Waals surface area contributed by atoms with E-state index in [0.717, 1.165) is 25.2 Å². The van der Waals surface area contributed by atoms with Crippen molar-refractivity contribution in [1.29, 1.82) is 0 Å². The number of hydrogen-bond donors (Lipinski definition) is 1. The van der Waals surface area contributed by atoms with Gasteiger partial charge in [-0.3, -0.25) is 9.48 Å². The smallest absolute Gasteiger partial charge is 0.242 e. The molecule has 0 spiro atoms. The Morgan fingerprint density at radius 1 is 1.41 bits per heavy atom. The van der Waals surface area contributed by atoms with Gasteiger partial charge in [-0.25, -0.2) is 0 Å². The summed E-state index contributed by atoms with van der Waals surface area (Å²) >= 11 is 12.2. The molecule has 22 heavy (non-hydrogen) atoms. The summed E-state index contributed by atoms with van der Waals surface area (Å²) in [5.74, 6) is -0.0299. The molecule has 1 aromatic carbocycles. The Balaban J connectivity index is 1.57. The summed E-state index contributed by atoms with van der Waals surface area (Å²) in [7, 11) is 0. The lowest BCUT2D eigenvalue weighted by atomic mass is 10.2. The molecule has 1 atom stereocenters. The molecule has 0 aliphatic carbocycles. The van der Waals surface area contributed by atoms with Gasteiger partial charge < -0.3 is 10.2 Å². The van der Waals surface area contributed by atoms with Crippen LogP contribution in [-0.2, 0) is 11.3 Å². The minimum atomic E-state index is -0.0299. The Bertz CT molecular complexity index is 660. The van der Waals surface area contributed by atoms with E-state index in [1.165, 1.54) is 0 Å². The second-order valence-corrected chi connectivity index (χ2v) is 6.14. The number of benzene rings is 1. The fourth-order valence-electron chi connectivity index (χ4n) is 2.65. The van der Waals surface area contributed by atoms with E-state index >= 15 is 0 Å². The Kier molecular flexibility index (Phi) is 4.55. The molecule has 2 heterocycles. The highest BCUT2D eigenvalue weighted by Crippen LogP contribution is 2.31. The van der Waals surface area contributed by atoms with Gasteiger partial charge in [0.1, 0.15) is 6.54 Å². The molecule has 1 fully saturated rings. The van der Waals surface area contributed by atoms with Gasteiger partial charge in [0, 0.05) is 36.5 Å². The molecular weight excluding hydrogens is 323 g/mol. The predicted octanol–water partition coefficient (Wildman–Crippen LogP) is 2.59. The predicted molar refractivity (Wildman–Crippen MR) is 87.4 cm³/mol.